The van der Waals surface area contributed by atoms with E-state index in [4.69, 9.17) is 0 Å². The summed E-state index contributed by atoms with van der Waals surface area (Å²) in [5, 5.41) is 3.04. The summed E-state index contributed by atoms with van der Waals surface area (Å²) in [6.45, 7) is 3.86. The van der Waals surface area contributed by atoms with Gasteiger partial charge in [0.05, 0.1) is 17.0 Å². The summed E-state index contributed by atoms with van der Waals surface area (Å²) in [7, 11) is -3.00. The molecule has 1 N–H and O–H groups in total. The maximum Gasteiger partial charge on any atom is 0.267 e. The Morgan fingerprint density at radius 3 is 2.76 bits per heavy atom. The van der Waals surface area contributed by atoms with Crippen molar-refractivity contribution in [3.63, 3.8) is 0 Å². The number of aromatic amines is 1. The summed E-state index contributed by atoms with van der Waals surface area (Å²) in [5.41, 5.74) is 0.137. The highest BCUT2D eigenvalue weighted by molar-refractivity contribution is 7.91. The molecule has 2 heterocycles. The van der Waals surface area contributed by atoms with E-state index in [1.807, 2.05) is 13.8 Å². The molecule has 0 amide bonds. The Hall–Kier alpha value is -1.04. The fourth-order valence-corrected chi connectivity index (χ4v) is 4.53. The van der Waals surface area contributed by atoms with Crippen LogP contribution >= 0.6 is 0 Å². The van der Waals surface area contributed by atoms with Crippen molar-refractivity contribution in [3.05, 3.63) is 22.1 Å². The predicted octanol–water partition coefficient (Wildman–Crippen LogP) is 0.663. The van der Waals surface area contributed by atoms with Gasteiger partial charge < -0.3 is 0 Å². The summed E-state index contributed by atoms with van der Waals surface area (Å²) in [4.78, 5) is 11.9. The van der Waals surface area contributed by atoms with Crippen molar-refractivity contribution in [3.8, 4) is 0 Å². The number of H-pyrrole nitrogens is 1. The van der Waals surface area contributed by atoms with E-state index in [1.165, 1.54) is 4.68 Å². The average molecular weight is 258 g/mol. The van der Waals surface area contributed by atoms with E-state index < -0.39 is 15.4 Å². The van der Waals surface area contributed by atoms with Gasteiger partial charge in [0, 0.05) is 11.8 Å². The van der Waals surface area contributed by atoms with Crippen molar-refractivity contribution in [1.29, 1.82) is 0 Å². The van der Waals surface area contributed by atoms with Gasteiger partial charge in [0.2, 0.25) is 0 Å². The van der Waals surface area contributed by atoms with E-state index in [0.29, 0.717) is 6.42 Å². The van der Waals surface area contributed by atoms with Crippen LogP contribution < -0.4 is 5.56 Å². The molecular formula is C11H18N2O3S. The number of aromatic nitrogens is 2. The van der Waals surface area contributed by atoms with Crippen molar-refractivity contribution in [1.82, 2.24) is 9.78 Å². The van der Waals surface area contributed by atoms with Gasteiger partial charge in [-0.3, -0.25) is 9.89 Å². The third kappa shape index (κ3) is 2.31. The van der Waals surface area contributed by atoms with E-state index in [0.717, 1.165) is 18.5 Å². The number of nitrogens with one attached hydrogen (secondary N) is 1. The predicted molar refractivity (Wildman–Crippen MR) is 66.0 cm³/mol. The molecule has 1 aromatic rings. The van der Waals surface area contributed by atoms with Crippen LogP contribution in [-0.2, 0) is 21.8 Å². The molecule has 1 aliphatic heterocycles. The SMILES string of the molecule is CCCc1cc(=O)n(C2(C)CCS(=O)(=O)C2)[nH]1. The number of nitrogens with zero attached hydrogens (tertiary/aromatic N) is 1. The minimum Gasteiger partial charge on any atom is -0.299 e. The number of hydrogen-bond acceptors (Lipinski definition) is 3. The summed E-state index contributed by atoms with van der Waals surface area (Å²) in [5.74, 6) is 0.212. The van der Waals surface area contributed by atoms with Crippen LogP contribution in [-0.4, -0.2) is 29.7 Å². The minimum absolute atomic E-state index is 0.0476. The number of hydrogen-bond donors (Lipinski definition) is 1. The van der Waals surface area contributed by atoms with Gasteiger partial charge >= 0.3 is 0 Å². The molecular weight excluding hydrogens is 240 g/mol. The fraction of sp³-hybridized carbons (Fsp3) is 0.727. The lowest BCUT2D eigenvalue weighted by atomic mass is 10.0. The zero-order valence-corrected chi connectivity index (χ0v) is 11.0. The molecule has 1 saturated heterocycles. The van der Waals surface area contributed by atoms with Gasteiger partial charge in [-0.05, 0) is 19.8 Å². The van der Waals surface area contributed by atoms with Crippen LogP contribution in [0.15, 0.2) is 10.9 Å². The lowest BCUT2D eigenvalue weighted by Gasteiger charge is -2.22. The molecule has 1 atom stereocenters. The Morgan fingerprint density at radius 1 is 1.53 bits per heavy atom. The van der Waals surface area contributed by atoms with Gasteiger partial charge in [0.25, 0.3) is 5.56 Å². The minimum atomic E-state index is -3.00. The highest BCUT2D eigenvalue weighted by atomic mass is 32.2. The fourth-order valence-electron chi connectivity index (χ4n) is 2.41. The highest BCUT2D eigenvalue weighted by Crippen LogP contribution is 2.28. The van der Waals surface area contributed by atoms with Crippen LogP contribution in [0.3, 0.4) is 0 Å². The van der Waals surface area contributed by atoms with Gasteiger partial charge in [0.1, 0.15) is 0 Å². The Labute approximate surface area is 101 Å². The zero-order valence-electron chi connectivity index (χ0n) is 10.2. The van der Waals surface area contributed by atoms with Gasteiger partial charge in [-0.15, -0.1) is 0 Å². The van der Waals surface area contributed by atoms with Crippen molar-refractivity contribution in [2.45, 2.75) is 38.6 Å². The van der Waals surface area contributed by atoms with Crippen LogP contribution in [0, 0.1) is 0 Å². The van der Waals surface area contributed by atoms with E-state index >= 15 is 0 Å². The second-order valence-electron chi connectivity index (χ2n) is 5.04. The number of aryl methyl sites for hydroxylation is 1. The average Bonchev–Trinajstić information content (AvgIpc) is 2.69. The molecule has 1 aliphatic rings. The zero-order chi connectivity index (χ0) is 12.7. The van der Waals surface area contributed by atoms with Crippen LogP contribution in [0.2, 0.25) is 0 Å². The van der Waals surface area contributed by atoms with E-state index in [9.17, 15) is 13.2 Å². The molecule has 0 bridgehead atoms. The monoisotopic (exact) mass is 258 g/mol. The van der Waals surface area contributed by atoms with Crippen LogP contribution in [0.5, 0.6) is 0 Å². The standard InChI is InChI=1S/C11H18N2O3S/c1-3-4-9-7-10(14)13(12-9)11(2)5-6-17(15,16)8-11/h7,12H,3-6,8H2,1-2H3. The summed E-state index contributed by atoms with van der Waals surface area (Å²) < 4.78 is 24.6. The van der Waals surface area contributed by atoms with Crippen molar-refractivity contribution in [2.24, 2.45) is 0 Å². The van der Waals surface area contributed by atoms with Gasteiger partial charge in [-0.2, -0.15) is 0 Å². The van der Waals surface area contributed by atoms with E-state index in [-0.39, 0.29) is 17.1 Å². The molecule has 2 rings (SSSR count). The lowest BCUT2D eigenvalue weighted by molar-refractivity contribution is 0.317. The first-order valence-electron chi connectivity index (χ1n) is 5.88. The first-order valence-corrected chi connectivity index (χ1v) is 7.70. The molecule has 0 aromatic carbocycles. The van der Waals surface area contributed by atoms with Crippen molar-refractivity contribution < 1.29 is 8.42 Å². The molecule has 6 heteroatoms. The molecule has 0 radical (unpaired) electrons. The van der Waals surface area contributed by atoms with Crippen LogP contribution in [0.4, 0.5) is 0 Å². The molecule has 0 saturated carbocycles. The molecule has 0 spiro atoms. The van der Waals surface area contributed by atoms with E-state index in [1.54, 1.807) is 6.07 Å². The summed E-state index contributed by atoms with van der Waals surface area (Å²) >= 11 is 0. The van der Waals surface area contributed by atoms with Crippen molar-refractivity contribution in [2.75, 3.05) is 11.5 Å². The van der Waals surface area contributed by atoms with Crippen LogP contribution in [0.25, 0.3) is 0 Å². The normalized spacial score (nSPS) is 27.4. The Morgan fingerprint density at radius 2 is 2.24 bits per heavy atom. The first-order chi connectivity index (χ1) is 7.86. The summed E-state index contributed by atoms with van der Waals surface area (Å²) in [6.07, 6.45) is 2.27. The molecule has 5 nitrogen and oxygen atoms in total. The molecule has 0 aliphatic carbocycles. The third-order valence-corrected chi connectivity index (χ3v) is 5.20. The molecule has 1 fully saturated rings. The van der Waals surface area contributed by atoms with Gasteiger partial charge in [0.15, 0.2) is 9.84 Å². The maximum absolute atomic E-state index is 11.9. The first kappa shape index (κ1) is 12.4. The quantitative estimate of drug-likeness (QED) is 0.865. The second-order valence-corrected chi connectivity index (χ2v) is 7.23. The maximum atomic E-state index is 11.9. The van der Waals surface area contributed by atoms with Crippen LogP contribution in [0.1, 0.15) is 32.4 Å². The molecule has 96 valence electrons. The summed E-state index contributed by atoms with van der Waals surface area (Å²) in [6, 6.07) is 1.57. The molecule has 17 heavy (non-hydrogen) atoms. The highest BCUT2D eigenvalue weighted by Gasteiger charge is 2.41. The van der Waals surface area contributed by atoms with E-state index in [2.05, 4.69) is 5.10 Å². The number of rotatable bonds is 3. The molecule has 1 unspecified atom stereocenters. The Bertz CT molecular complexity index is 570. The molecule has 1 aromatic heterocycles. The van der Waals surface area contributed by atoms with Crippen molar-refractivity contribution >= 4 is 9.84 Å². The smallest absolute Gasteiger partial charge is 0.267 e. The number of sulfone groups is 1. The Kier molecular flexibility index (Phi) is 2.93. The van der Waals surface area contributed by atoms with Gasteiger partial charge in [-0.1, -0.05) is 13.3 Å². The van der Waals surface area contributed by atoms with Gasteiger partial charge in [-0.25, -0.2) is 13.1 Å². The lowest BCUT2D eigenvalue weighted by Crippen LogP contribution is -2.38. The second kappa shape index (κ2) is 4.01. The Balaban J connectivity index is 2.38. The third-order valence-electron chi connectivity index (χ3n) is 3.32. The largest absolute Gasteiger partial charge is 0.299 e. The topological polar surface area (TPSA) is 71.9 Å².